The lowest BCUT2D eigenvalue weighted by atomic mass is 9.88. The van der Waals surface area contributed by atoms with E-state index in [0.717, 1.165) is 5.92 Å². The number of thioether (sulfide) groups is 1. The Hall–Kier alpha value is 0.0900. The van der Waals surface area contributed by atoms with Crippen molar-refractivity contribution in [2.75, 3.05) is 6.26 Å². The average Bonchev–Trinajstić information content (AvgIpc) is 2.04. The van der Waals surface area contributed by atoms with Gasteiger partial charge in [0.05, 0.1) is 0 Å². The fraction of sp³-hybridized carbons (Fsp3) is 0.833. The van der Waals surface area contributed by atoms with Crippen molar-refractivity contribution in [2.45, 2.75) is 52.2 Å². The van der Waals surface area contributed by atoms with Gasteiger partial charge in [0.15, 0.2) is 0 Å². The second-order valence-corrected chi connectivity index (χ2v) is 5.89. The first kappa shape index (κ1) is 13.1. The van der Waals surface area contributed by atoms with Crippen LogP contribution in [0.4, 0.5) is 0 Å². The van der Waals surface area contributed by atoms with Gasteiger partial charge in [-0.1, -0.05) is 38.8 Å². The highest BCUT2D eigenvalue weighted by molar-refractivity contribution is 7.99. The summed E-state index contributed by atoms with van der Waals surface area (Å²) in [7, 11) is 0. The third-order valence-corrected chi connectivity index (χ3v) is 4.20. The van der Waals surface area contributed by atoms with Crippen LogP contribution in [0.3, 0.4) is 0 Å². The number of hydrogen-bond acceptors (Lipinski definition) is 1. The first-order valence-electron chi connectivity index (χ1n) is 5.12. The largest absolute Gasteiger partial charge is 0.159 e. The van der Waals surface area contributed by atoms with Crippen molar-refractivity contribution in [3.63, 3.8) is 0 Å². The zero-order valence-corrected chi connectivity index (χ0v) is 10.8. The molecule has 0 spiro atoms. The highest BCUT2D eigenvalue weighted by Crippen LogP contribution is 2.35. The number of allylic oxidation sites excluding steroid dienone is 2. The van der Waals surface area contributed by atoms with Crippen LogP contribution < -0.4 is 0 Å². The van der Waals surface area contributed by atoms with Gasteiger partial charge in [-0.2, -0.15) is 11.8 Å². The third-order valence-electron chi connectivity index (χ3n) is 2.81. The lowest BCUT2D eigenvalue weighted by Crippen LogP contribution is -2.26. The smallest absolute Gasteiger partial charge is 0.0131 e. The quantitative estimate of drug-likeness (QED) is 0.588. The average molecular weight is 200 g/mol. The van der Waals surface area contributed by atoms with Gasteiger partial charge in [0.25, 0.3) is 0 Å². The molecule has 0 bridgehead atoms. The van der Waals surface area contributed by atoms with E-state index in [1.165, 1.54) is 18.4 Å². The third kappa shape index (κ3) is 4.75. The molecular formula is C12H24S. The zero-order chi connectivity index (χ0) is 10.5. The van der Waals surface area contributed by atoms with E-state index < -0.39 is 0 Å². The van der Waals surface area contributed by atoms with Crippen molar-refractivity contribution in [1.29, 1.82) is 0 Å². The Morgan fingerprint density at radius 3 is 2.23 bits per heavy atom. The summed E-state index contributed by atoms with van der Waals surface area (Å²) in [6.45, 7) is 11.4. The second kappa shape index (κ2) is 5.74. The number of rotatable bonds is 5. The van der Waals surface area contributed by atoms with Crippen LogP contribution in [0, 0.1) is 5.92 Å². The molecule has 0 aliphatic heterocycles. The fourth-order valence-corrected chi connectivity index (χ4v) is 2.08. The van der Waals surface area contributed by atoms with Crippen LogP contribution in [-0.4, -0.2) is 11.0 Å². The summed E-state index contributed by atoms with van der Waals surface area (Å²) >= 11 is 1.98. The van der Waals surface area contributed by atoms with Crippen LogP contribution in [0.15, 0.2) is 11.6 Å². The van der Waals surface area contributed by atoms with Crippen LogP contribution in [0.25, 0.3) is 0 Å². The lowest BCUT2D eigenvalue weighted by Gasteiger charge is -2.31. The normalized spacial score (nSPS) is 14.0. The molecule has 1 heteroatoms. The molecule has 0 saturated heterocycles. The Bertz CT molecular complexity index is 164. The molecule has 0 aromatic carbocycles. The molecule has 0 aromatic rings. The minimum atomic E-state index is 0.417. The topological polar surface area (TPSA) is 0 Å². The molecule has 0 aliphatic carbocycles. The molecule has 0 saturated carbocycles. The maximum Gasteiger partial charge on any atom is 0.0131 e. The Balaban J connectivity index is 4.26. The maximum atomic E-state index is 2.37. The molecule has 0 N–H and O–H groups in total. The van der Waals surface area contributed by atoms with E-state index in [0.29, 0.717) is 4.75 Å². The van der Waals surface area contributed by atoms with Crippen LogP contribution in [0.2, 0.25) is 0 Å². The van der Waals surface area contributed by atoms with E-state index in [4.69, 9.17) is 0 Å². The van der Waals surface area contributed by atoms with E-state index in [1.54, 1.807) is 0 Å². The Kier molecular flexibility index (Phi) is 5.78. The minimum Gasteiger partial charge on any atom is -0.159 e. The molecule has 0 amide bonds. The summed E-state index contributed by atoms with van der Waals surface area (Å²) in [5.74, 6) is 0.803. The van der Waals surface area contributed by atoms with Gasteiger partial charge in [-0.3, -0.25) is 0 Å². The molecule has 0 radical (unpaired) electrons. The van der Waals surface area contributed by atoms with Crippen molar-refractivity contribution >= 4 is 11.8 Å². The molecule has 13 heavy (non-hydrogen) atoms. The summed E-state index contributed by atoms with van der Waals surface area (Å²) in [6, 6.07) is 0. The highest BCUT2D eigenvalue weighted by atomic mass is 32.2. The van der Waals surface area contributed by atoms with Gasteiger partial charge in [-0.25, -0.2) is 0 Å². The van der Waals surface area contributed by atoms with E-state index in [9.17, 15) is 0 Å². The monoisotopic (exact) mass is 200 g/mol. The summed E-state index contributed by atoms with van der Waals surface area (Å²) < 4.78 is 0.417. The molecular weight excluding hydrogens is 176 g/mol. The summed E-state index contributed by atoms with van der Waals surface area (Å²) in [6.07, 6.45) is 7.08. The predicted octanol–water partition coefficient (Wildman–Crippen LogP) is 4.51. The first-order valence-corrected chi connectivity index (χ1v) is 6.35. The predicted molar refractivity (Wildman–Crippen MR) is 65.4 cm³/mol. The van der Waals surface area contributed by atoms with Crippen molar-refractivity contribution in [1.82, 2.24) is 0 Å². The molecule has 0 rings (SSSR count). The van der Waals surface area contributed by atoms with E-state index in [1.807, 2.05) is 11.8 Å². The van der Waals surface area contributed by atoms with Gasteiger partial charge in [0.1, 0.15) is 0 Å². The van der Waals surface area contributed by atoms with Crippen molar-refractivity contribution in [3.8, 4) is 0 Å². The van der Waals surface area contributed by atoms with Crippen LogP contribution >= 0.6 is 11.8 Å². The van der Waals surface area contributed by atoms with E-state index in [2.05, 4.69) is 47.0 Å². The van der Waals surface area contributed by atoms with Gasteiger partial charge in [0, 0.05) is 4.75 Å². The van der Waals surface area contributed by atoms with Crippen LogP contribution in [-0.2, 0) is 0 Å². The lowest BCUT2D eigenvalue weighted by molar-refractivity contribution is 0.414. The summed E-state index contributed by atoms with van der Waals surface area (Å²) in [5, 5.41) is 0. The Morgan fingerprint density at radius 1 is 1.38 bits per heavy atom. The molecule has 0 aliphatic rings. The minimum absolute atomic E-state index is 0.417. The zero-order valence-electron chi connectivity index (χ0n) is 9.98. The van der Waals surface area contributed by atoms with Crippen LogP contribution in [0.1, 0.15) is 47.5 Å². The number of hydrogen-bond donors (Lipinski definition) is 0. The first-order chi connectivity index (χ1) is 5.94. The molecule has 78 valence electrons. The molecule has 1 atom stereocenters. The standard InChI is InChI=1S/C12H24S/c1-7-11(9-8-10(2)3)12(4,5)13-6/h8,11H,7,9H2,1-6H3. The van der Waals surface area contributed by atoms with Crippen LogP contribution in [0.5, 0.6) is 0 Å². The van der Waals surface area contributed by atoms with Gasteiger partial charge < -0.3 is 0 Å². The summed E-state index contributed by atoms with van der Waals surface area (Å²) in [4.78, 5) is 0. The second-order valence-electron chi connectivity index (χ2n) is 4.43. The molecule has 0 heterocycles. The maximum absolute atomic E-state index is 2.37. The molecule has 0 aromatic heterocycles. The highest BCUT2D eigenvalue weighted by Gasteiger charge is 2.25. The molecule has 0 fully saturated rings. The van der Waals surface area contributed by atoms with E-state index in [-0.39, 0.29) is 0 Å². The van der Waals surface area contributed by atoms with Crippen molar-refractivity contribution < 1.29 is 0 Å². The SMILES string of the molecule is CCC(CC=C(C)C)C(C)(C)SC. The van der Waals surface area contributed by atoms with Gasteiger partial charge in [0.2, 0.25) is 0 Å². The molecule has 1 unspecified atom stereocenters. The van der Waals surface area contributed by atoms with Crippen molar-refractivity contribution in [2.24, 2.45) is 5.92 Å². The fourth-order valence-electron chi connectivity index (χ4n) is 1.49. The summed E-state index contributed by atoms with van der Waals surface area (Å²) in [5.41, 5.74) is 1.44. The van der Waals surface area contributed by atoms with E-state index >= 15 is 0 Å². The Morgan fingerprint density at radius 2 is 1.92 bits per heavy atom. The van der Waals surface area contributed by atoms with Gasteiger partial charge >= 0.3 is 0 Å². The van der Waals surface area contributed by atoms with Gasteiger partial charge in [-0.05, 0) is 32.4 Å². The van der Waals surface area contributed by atoms with Gasteiger partial charge in [-0.15, -0.1) is 0 Å². The Labute approximate surface area is 88.2 Å². The molecule has 0 nitrogen and oxygen atoms in total. The van der Waals surface area contributed by atoms with Crippen molar-refractivity contribution in [3.05, 3.63) is 11.6 Å².